The number of benzene rings is 4. The van der Waals surface area contributed by atoms with E-state index in [1.165, 1.54) is 0 Å². The summed E-state index contributed by atoms with van der Waals surface area (Å²) in [6.45, 7) is 4.19. The monoisotopic (exact) mass is 661 g/mol. The molecule has 1 fully saturated rings. The molecule has 4 aromatic rings. The predicted octanol–water partition coefficient (Wildman–Crippen LogP) is 6.26. The van der Waals surface area contributed by atoms with Gasteiger partial charge in [-0.1, -0.05) is 54.1 Å². The molecule has 9 heteroatoms. The summed E-state index contributed by atoms with van der Waals surface area (Å²) in [4.78, 5) is 38.9. The van der Waals surface area contributed by atoms with Gasteiger partial charge >= 0.3 is 6.03 Å². The first kappa shape index (κ1) is 28.2. The first-order valence-electron chi connectivity index (χ1n) is 13.1. The number of amides is 4. The standard InChI is InChI=1S/C32H28IN3O5/c1-3-40-28-17-22(15-26(33)30(28)41-19-21-10-11-23-6-4-5-7-24(23)14-21)16-27-31(38)36(32(39)35-27)18-29(37)34-25-12-8-20(2)9-13-25/h4-17H,3,18-19H2,1-2H3,(H,34,37)(H,35,39)/b27-16+. The molecule has 1 aliphatic heterocycles. The van der Waals surface area contributed by atoms with Crippen LogP contribution in [0.25, 0.3) is 16.8 Å². The van der Waals surface area contributed by atoms with Crippen molar-refractivity contribution in [2.75, 3.05) is 18.5 Å². The van der Waals surface area contributed by atoms with Crippen molar-refractivity contribution in [3.63, 3.8) is 0 Å². The zero-order chi connectivity index (χ0) is 28.9. The van der Waals surface area contributed by atoms with Gasteiger partial charge in [0.15, 0.2) is 11.5 Å². The molecule has 0 atom stereocenters. The number of anilines is 1. The highest BCUT2D eigenvalue weighted by Crippen LogP contribution is 2.36. The maximum atomic E-state index is 13.0. The van der Waals surface area contributed by atoms with Gasteiger partial charge < -0.3 is 20.1 Å². The highest BCUT2D eigenvalue weighted by molar-refractivity contribution is 14.1. The molecule has 8 nitrogen and oxygen atoms in total. The smallest absolute Gasteiger partial charge is 0.329 e. The topological polar surface area (TPSA) is 97.0 Å². The second kappa shape index (κ2) is 12.4. The van der Waals surface area contributed by atoms with Crippen LogP contribution in [0.15, 0.2) is 84.6 Å². The fourth-order valence-corrected chi connectivity index (χ4v) is 5.20. The Kier molecular flexibility index (Phi) is 8.53. The molecule has 0 bridgehead atoms. The number of carbonyl (C=O) groups is 3. The van der Waals surface area contributed by atoms with Crippen molar-refractivity contribution in [3.05, 3.63) is 105 Å². The minimum absolute atomic E-state index is 0.0706. The Bertz CT molecular complexity index is 1670. The predicted molar refractivity (Wildman–Crippen MR) is 167 cm³/mol. The average Bonchev–Trinajstić information content (AvgIpc) is 3.21. The summed E-state index contributed by atoms with van der Waals surface area (Å²) in [6, 6.07) is 24.6. The van der Waals surface area contributed by atoms with Gasteiger partial charge in [-0.2, -0.15) is 0 Å². The van der Waals surface area contributed by atoms with E-state index in [0.29, 0.717) is 36.0 Å². The van der Waals surface area contributed by atoms with Gasteiger partial charge in [0.1, 0.15) is 18.8 Å². The van der Waals surface area contributed by atoms with Crippen molar-refractivity contribution in [3.8, 4) is 11.5 Å². The number of hydrogen-bond acceptors (Lipinski definition) is 5. The average molecular weight is 661 g/mol. The van der Waals surface area contributed by atoms with Crippen LogP contribution in [0.4, 0.5) is 10.5 Å². The van der Waals surface area contributed by atoms with Crippen LogP contribution in [0.1, 0.15) is 23.6 Å². The van der Waals surface area contributed by atoms with Crippen molar-refractivity contribution >= 4 is 63.0 Å². The molecular formula is C32H28IN3O5. The van der Waals surface area contributed by atoms with Crippen molar-refractivity contribution < 1.29 is 23.9 Å². The molecular weight excluding hydrogens is 633 g/mol. The van der Waals surface area contributed by atoms with Crippen LogP contribution < -0.4 is 20.1 Å². The van der Waals surface area contributed by atoms with Gasteiger partial charge in [0.2, 0.25) is 5.91 Å². The number of imide groups is 1. The summed E-state index contributed by atoms with van der Waals surface area (Å²) in [5.74, 6) is 0.0652. The normalized spacial score (nSPS) is 13.9. The molecule has 0 aliphatic carbocycles. The van der Waals surface area contributed by atoms with Gasteiger partial charge in [0, 0.05) is 5.69 Å². The van der Waals surface area contributed by atoms with E-state index in [-0.39, 0.29) is 5.70 Å². The Hall–Kier alpha value is -4.38. The van der Waals surface area contributed by atoms with E-state index in [4.69, 9.17) is 9.47 Å². The van der Waals surface area contributed by atoms with Crippen molar-refractivity contribution in [2.45, 2.75) is 20.5 Å². The minimum atomic E-state index is -0.657. The number of urea groups is 1. The lowest BCUT2D eigenvalue weighted by molar-refractivity contribution is -0.127. The van der Waals surface area contributed by atoms with Gasteiger partial charge in [0.25, 0.3) is 5.91 Å². The first-order valence-corrected chi connectivity index (χ1v) is 14.2. The number of carbonyl (C=O) groups excluding carboxylic acids is 3. The Balaban J connectivity index is 1.30. The molecule has 2 N–H and O–H groups in total. The second-order valence-corrected chi connectivity index (χ2v) is 10.7. The molecule has 0 spiro atoms. The zero-order valence-electron chi connectivity index (χ0n) is 22.6. The number of halogens is 1. The SMILES string of the molecule is CCOc1cc(/C=C2/NC(=O)N(CC(=O)Nc3ccc(C)cc3)C2=O)cc(I)c1OCc1ccc2ccccc2c1. The fourth-order valence-electron chi connectivity index (χ4n) is 4.42. The lowest BCUT2D eigenvalue weighted by Gasteiger charge is -2.15. The largest absolute Gasteiger partial charge is 0.490 e. The van der Waals surface area contributed by atoms with Gasteiger partial charge in [0.05, 0.1) is 10.2 Å². The zero-order valence-corrected chi connectivity index (χ0v) is 24.7. The maximum absolute atomic E-state index is 13.0. The Labute approximate surface area is 251 Å². The number of ether oxygens (including phenoxy) is 2. The van der Waals surface area contributed by atoms with E-state index >= 15 is 0 Å². The van der Waals surface area contributed by atoms with Crippen LogP contribution in [-0.4, -0.2) is 35.9 Å². The summed E-state index contributed by atoms with van der Waals surface area (Å²) in [5, 5.41) is 7.58. The fraction of sp³-hybridized carbons (Fsp3) is 0.156. The molecule has 0 unspecified atom stereocenters. The summed E-state index contributed by atoms with van der Waals surface area (Å²) in [7, 11) is 0. The molecule has 1 heterocycles. The molecule has 5 rings (SSSR count). The van der Waals surface area contributed by atoms with E-state index in [2.05, 4.69) is 57.5 Å². The first-order chi connectivity index (χ1) is 19.8. The Morgan fingerprint density at radius 2 is 1.73 bits per heavy atom. The third kappa shape index (κ3) is 6.68. The quantitative estimate of drug-likeness (QED) is 0.125. The van der Waals surface area contributed by atoms with Crippen molar-refractivity contribution in [1.29, 1.82) is 0 Å². The molecule has 208 valence electrons. The molecule has 0 radical (unpaired) electrons. The third-order valence-electron chi connectivity index (χ3n) is 6.44. The number of rotatable bonds is 9. The van der Waals surface area contributed by atoms with Crippen LogP contribution in [-0.2, 0) is 16.2 Å². The van der Waals surface area contributed by atoms with Gasteiger partial charge in [-0.3, -0.25) is 9.59 Å². The molecule has 41 heavy (non-hydrogen) atoms. The lowest BCUT2D eigenvalue weighted by atomic mass is 10.1. The molecule has 1 saturated heterocycles. The van der Waals surface area contributed by atoms with Gasteiger partial charge in [-0.05, 0) is 94.7 Å². The minimum Gasteiger partial charge on any atom is -0.490 e. The molecule has 0 aromatic heterocycles. The van der Waals surface area contributed by atoms with Crippen LogP contribution in [0.3, 0.4) is 0 Å². The summed E-state index contributed by atoms with van der Waals surface area (Å²) in [5.41, 5.74) is 3.38. The van der Waals surface area contributed by atoms with Gasteiger partial charge in [-0.25, -0.2) is 9.69 Å². The number of aryl methyl sites for hydroxylation is 1. The van der Waals surface area contributed by atoms with E-state index in [0.717, 1.165) is 30.4 Å². The number of fused-ring (bicyclic) bond motifs is 1. The van der Waals surface area contributed by atoms with Crippen molar-refractivity contribution in [1.82, 2.24) is 10.2 Å². The highest BCUT2D eigenvalue weighted by atomic mass is 127. The van der Waals surface area contributed by atoms with Crippen LogP contribution >= 0.6 is 22.6 Å². The summed E-state index contributed by atoms with van der Waals surface area (Å²) < 4.78 is 12.8. The molecule has 4 aromatic carbocycles. The maximum Gasteiger partial charge on any atom is 0.329 e. The number of nitrogens with zero attached hydrogens (tertiary/aromatic N) is 1. The van der Waals surface area contributed by atoms with E-state index in [9.17, 15) is 14.4 Å². The molecule has 0 saturated carbocycles. The highest BCUT2D eigenvalue weighted by Gasteiger charge is 2.35. The summed E-state index contributed by atoms with van der Waals surface area (Å²) >= 11 is 2.17. The third-order valence-corrected chi connectivity index (χ3v) is 7.24. The van der Waals surface area contributed by atoms with Gasteiger partial charge in [-0.15, -0.1) is 0 Å². The second-order valence-electron chi connectivity index (χ2n) is 9.53. The molecule has 1 aliphatic rings. The van der Waals surface area contributed by atoms with E-state index in [1.807, 2.05) is 50.2 Å². The Morgan fingerprint density at radius 1 is 0.976 bits per heavy atom. The van der Waals surface area contributed by atoms with E-state index in [1.54, 1.807) is 24.3 Å². The summed E-state index contributed by atoms with van der Waals surface area (Å²) in [6.07, 6.45) is 1.57. The van der Waals surface area contributed by atoms with Crippen LogP contribution in [0, 0.1) is 10.5 Å². The van der Waals surface area contributed by atoms with E-state index < -0.39 is 24.4 Å². The van der Waals surface area contributed by atoms with Crippen LogP contribution in [0.2, 0.25) is 0 Å². The lowest BCUT2D eigenvalue weighted by Crippen LogP contribution is -2.38. The Morgan fingerprint density at radius 3 is 2.49 bits per heavy atom. The van der Waals surface area contributed by atoms with Crippen LogP contribution in [0.5, 0.6) is 11.5 Å². The molecule has 4 amide bonds. The number of nitrogens with one attached hydrogen (secondary N) is 2. The van der Waals surface area contributed by atoms with Crippen molar-refractivity contribution in [2.24, 2.45) is 0 Å². The number of hydrogen-bond donors (Lipinski definition) is 2.